The summed E-state index contributed by atoms with van der Waals surface area (Å²) in [5.74, 6) is -0.793. The maximum Gasteiger partial charge on any atom is 0.573 e. The molecule has 0 bridgehead atoms. The molecule has 5 nitrogen and oxygen atoms in total. The third-order valence-corrected chi connectivity index (χ3v) is 5.19. The molecule has 1 aliphatic rings. The first kappa shape index (κ1) is 21.9. The molecule has 10 heteroatoms. The van der Waals surface area contributed by atoms with E-state index in [1.54, 1.807) is 43.1 Å². The SMILES string of the molecule is CC1=C(C(=O)Nc2ccc(OC(F)(F)F)cc2)[C@@H](c2ccc(Cl)cc2)NC(=S)N1C. The molecule has 1 heterocycles. The van der Waals surface area contributed by atoms with E-state index in [9.17, 15) is 18.0 Å². The number of carbonyl (C=O) groups excluding carboxylic acids is 1. The molecule has 0 aromatic heterocycles. The highest BCUT2D eigenvalue weighted by molar-refractivity contribution is 7.80. The Hall–Kier alpha value is -2.78. The van der Waals surface area contributed by atoms with Gasteiger partial charge in [0.05, 0.1) is 11.6 Å². The summed E-state index contributed by atoms with van der Waals surface area (Å²) < 4.78 is 40.8. The fraction of sp³-hybridized carbons (Fsp3) is 0.200. The molecule has 0 saturated heterocycles. The Balaban J connectivity index is 1.87. The summed E-state index contributed by atoms with van der Waals surface area (Å²) in [5.41, 5.74) is 2.17. The van der Waals surface area contributed by atoms with Crippen LogP contribution in [0.3, 0.4) is 0 Å². The van der Waals surface area contributed by atoms with Crippen LogP contribution < -0.4 is 15.4 Å². The molecule has 0 fully saturated rings. The van der Waals surface area contributed by atoms with Crippen LogP contribution in [0, 0.1) is 0 Å². The number of rotatable bonds is 4. The Kier molecular flexibility index (Phi) is 6.23. The van der Waals surface area contributed by atoms with Crippen molar-refractivity contribution in [2.75, 3.05) is 12.4 Å². The molecule has 0 spiro atoms. The first-order valence-corrected chi connectivity index (χ1v) is 9.51. The molecule has 158 valence electrons. The van der Waals surface area contributed by atoms with Gasteiger partial charge in [-0.25, -0.2) is 0 Å². The van der Waals surface area contributed by atoms with Crippen molar-refractivity contribution in [3.63, 3.8) is 0 Å². The molecule has 2 N–H and O–H groups in total. The second-order valence-electron chi connectivity index (χ2n) is 6.52. The van der Waals surface area contributed by atoms with Crippen LogP contribution in [0.4, 0.5) is 18.9 Å². The monoisotopic (exact) mass is 455 g/mol. The summed E-state index contributed by atoms with van der Waals surface area (Å²) in [6.45, 7) is 1.77. The summed E-state index contributed by atoms with van der Waals surface area (Å²) in [4.78, 5) is 14.8. The highest BCUT2D eigenvalue weighted by atomic mass is 35.5. The fourth-order valence-corrected chi connectivity index (χ4v) is 3.35. The summed E-state index contributed by atoms with van der Waals surface area (Å²) in [5, 5.41) is 6.86. The number of halogens is 4. The Morgan fingerprint density at radius 1 is 1.17 bits per heavy atom. The lowest BCUT2D eigenvalue weighted by molar-refractivity contribution is -0.274. The largest absolute Gasteiger partial charge is 0.573 e. The summed E-state index contributed by atoms with van der Waals surface area (Å²) in [6, 6.07) is 11.4. The van der Waals surface area contributed by atoms with Gasteiger partial charge in [0.2, 0.25) is 0 Å². The van der Waals surface area contributed by atoms with E-state index < -0.39 is 18.3 Å². The van der Waals surface area contributed by atoms with Crippen molar-refractivity contribution in [2.24, 2.45) is 0 Å². The molecule has 2 aromatic rings. The number of hydrogen-bond donors (Lipinski definition) is 2. The van der Waals surface area contributed by atoms with Gasteiger partial charge in [0.1, 0.15) is 5.75 Å². The predicted octanol–water partition coefficient (Wildman–Crippen LogP) is 5.01. The average molecular weight is 456 g/mol. The first-order valence-electron chi connectivity index (χ1n) is 8.73. The Labute approximate surface area is 181 Å². The van der Waals surface area contributed by atoms with E-state index in [0.29, 0.717) is 27.1 Å². The number of nitrogens with one attached hydrogen (secondary N) is 2. The topological polar surface area (TPSA) is 53.6 Å². The molecular formula is C20H17ClF3N3O2S. The zero-order valence-corrected chi connectivity index (χ0v) is 17.5. The van der Waals surface area contributed by atoms with Crippen LogP contribution in [-0.4, -0.2) is 29.3 Å². The Morgan fingerprint density at radius 2 is 1.77 bits per heavy atom. The zero-order valence-electron chi connectivity index (χ0n) is 15.9. The minimum Gasteiger partial charge on any atom is -0.406 e. The number of benzene rings is 2. The summed E-state index contributed by atoms with van der Waals surface area (Å²) in [7, 11) is 1.74. The molecule has 3 rings (SSSR count). The van der Waals surface area contributed by atoms with Gasteiger partial charge >= 0.3 is 6.36 Å². The number of anilines is 1. The number of amides is 1. The van der Waals surface area contributed by atoms with Gasteiger partial charge in [-0.3, -0.25) is 4.79 Å². The van der Waals surface area contributed by atoms with Crippen LogP contribution in [0.25, 0.3) is 0 Å². The third kappa shape index (κ3) is 5.03. The predicted molar refractivity (Wildman–Crippen MR) is 112 cm³/mol. The molecule has 0 aliphatic carbocycles. The van der Waals surface area contributed by atoms with Crippen molar-refractivity contribution in [1.29, 1.82) is 0 Å². The van der Waals surface area contributed by atoms with Gasteiger partial charge < -0.3 is 20.3 Å². The van der Waals surface area contributed by atoms with E-state index in [1.807, 2.05) is 0 Å². The first-order chi connectivity index (χ1) is 14.0. The fourth-order valence-electron chi connectivity index (χ4n) is 2.97. The quantitative estimate of drug-likeness (QED) is 0.634. The van der Waals surface area contributed by atoms with Crippen LogP contribution in [0.1, 0.15) is 18.5 Å². The van der Waals surface area contributed by atoms with Crippen LogP contribution in [0.2, 0.25) is 5.02 Å². The Morgan fingerprint density at radius 3 is 2.33 bits per heavy atom. The molecule has 0 radical (unpaired) electrons. The van der Waals surface area contributed by atoms with Crippen molar-refractivity contribution in [3.8, 4) is 5.75 Å². The van der Waals surface area contributed by atoms with Gasteiger partial charge in [0.15, 0.2) is 5.11 Å². The standard InChI is InChI=1S/C20H17ClF3N3O2S/c1-11-16(17(26-19(30)27(11)2)12-3-5-13(21)6-4-12)18(28)25-14-7-9-15(10-8-14)29-20(22,23)24/h3-10,17H,1-2H3,(H,25,28)(H,26,30)/t17-/m1/s1. The second kappa shape index (κ2) is 8.53. The number of allylic oxidation sites excluding steroid dienone is 1. The number of alkyl halides is 3. The van der Waals surface area contributed by atoms with Crippen molar-refractivity contribution >= 4 is 40.5 Å². The minimum atomic E-state index is -4.78. The molecule has 0 saturated carbocycles. The van der Waals surface area contributed by atoms with E-state index in [0.717, 1.165) is 17.7 Å². The molecule has 1 atom stereocenters. The van der Waals surface area contributed by atoms with Crippen LogP contribution >= 0.6 is 23.8 Å². The average Bonchev–Trinajstić information content (AvgIpc) is 2.67. The number of carbonyl (C=O) groups is 1. The van der Waals surface area contributed by atoms with Gasteiger partial charge in [-0.15, -0.1) is 13.2 Å². The molecule has 30 heavy (non-hydrogen) atoms. The maximum atomic E-state index is 13.1. The number of nitrogens with zero attached hydrogens (tertiary/aromatic N) is 1. The van der Waals surface area contributed by atoms with Gasteiger partial charge in [0, 0.05) is 23.5 Å². The van der Waals surface area contributed by atoms with Gasteiger partial charge in [-0.05, 0) is 61.1 Å². The summed E-state index contributed by atoms with van der Waals surface area (Å²) >= 11 is 11.3. The number of ether oxygens (including phenoxy) is 1. The smallest absolute Gasteiger partial charge is 0.406 e. The lowest BCUT2D eigenvalue weighted by Gasteiger charge is -2.35. The molecule has 2 aromatic carbocycles. The van der Waals surface area contributed by atoms with E-state index >= 15 is 0 Å². The number of hydrogen-bond acceptors (Lipinski definition) is 3. The number of thiocarbonyl (C=S) groups is 1. The normalized spacial score (nSPS) is 16.9. The minimum absolute atomic E-state index is 0.320. The highest BCUT2D eigenvalue weighted by Crippen LogP contribution is 2.32. The lowest BCUT2D eigenvalue weighted by atomic mass is 9.94. The third-order valence-electron chi connectivity index (χ3n) is 4.55. The highest BCUT2D eigenvalue weighted by Gasteiger charge is 2.33. The van der Waals surface area contributed by atoms with Crippen molar-refractivity contribution < 1.29 is 22.7 Å². The van der Waals surface area contributed by atoms with Crippen LogP contribution in [0.15, 0.2) is 59.8 Å². The molecular weight excluding hydrogens is 439 g/mol. The van der Waals surface area contributed by atoms with Crippen LogP contribution in [0.5, 0.6) is 5.75 Å². The van der Waals surface area contributed by atoms with Gasteiger partial charge in [0.25, 0.3) is 5.91 Å². The molecule has 0 unspecified atom stereocenters. The van der Waals surface area contributed by atoms with E-state index in [-0.39, 0.29) is 5.75 Å². The van der Waals surface area contributed by atoms with Crippen molar-refractivity contribution in [3.05, 3.63) is 70.4 Å². The maximum absolute atomic E-state index is 13.1. The van der Waals surface area contributed by atoms with E-state index in [1.165, 1.54) is 12.1 Å². The second-order valence-corrected chi connectivity index (χ2v) is 7.34. The van der Waals surface area contributed by atoms with Crippen molar-refractivity contribution in [1.82, 2.24) is 10.2 Å². The van der Waals surface area contributed by atoms with Crippen LogP contribution in [-0.2, 0) is 4.79 Å². The molecule has 1 aliphatic heterocycles. The van der Waals surface area contributed by atoms with E-state index in [2.05, 4.69) is 15.4 Å². The molecule has 1 amide bonds. The van der Waals surface area contributed by atoms with Gasteiger partial charge in [-0.2, -0.15) is 0 Å². The Bertz CT molecular complexity index is 992. The van der Waals surface area contributed by atoms with E-state index in [4.69, 9.17) is 23.8 Å². The zero-order chi connectivity index (χ0) is 22.1. The van der Waals surface area contributed by atoms with Gasteiger partial charge in [-0.1, -0.05) is 23.7 Å². The van der Waals surface area contributed by atoms with Crippen molar-refractivity contribution in [2.45, 2.75) is 19.3 Å². The lowest BCUT2D eigenvalue weighted by Crippen LogP contribution is -2.46. The summed E-state index contributed by atoms with van der Waals surface area (Å²) in [6.07, 6.45) is -4.78.